The van der Waals surface area contributed by atoms with Crippen molar-refractivity contribution in [2.45, 2.75) is 19.1 Å². The van der Waals surface area contributed by atoms with Crippen LogP contribution in [0.1, 0.15) is 18.4 Å². The van der Waals surface area contributed by atoms with Crippen molar-refractivity contribution < 1.29 is 9.47 Å². The summed E-state index contributed by atoms with van der Waals surface area (Å²) >= 11 is 5.96. The van der Waals surface area contributed by atoms with Crippen molar-refractivity contribution in [2.24, 2.45) is 0 Å². The molecule has 0 amide bonds. The minimum absolute atomic E-state index is 0.193. The Morgan fingerprint density at radius 1 is 1.24 bits per heavy atom. The molecule has 4 heteroatoms. The lowest BCUT2D eigenvalue weighted by Crippen LogP contribution is -2.32. The van der Waals surface area contributed by atoms with Gasteiger partial charge in [0.05, 0.1) is 0 Å². The van der Waals surface area contributed by atoms with E-state index in [4.69, 9.17) is 21.1 Å². The van der Waals surface area contributed by atoms with E-state index in [1.807, 2.05) is 18.2 Å². The normalized spacial score (nSPS) is 13.0. The van der Waals surface area contributed by atoms with Crippen molar-refractivity contribution in [3.8, 4) is 0 Å². The van der Waals surface area contributed by atoms with E-state index in [-0.39, 0.29) is 6.29 Å². The molecular formula is C13H20ClNO2. The van der Waals surface area contributed by atoms with Crippen LogP contribution in [0.4, 0.5) is 0 Å². The second kappa shape index (κ2) is 7.67. The van der Waals surface area contributed by atoms with Gasteiger partial charge in [-0.3, -0.25) is 0 Å². The molecule has 1 rings (SSSR count). The highest BCUT2D eigenvalue weighted by atomic mass is 35.5. The first-order valence-corrected chi connectivity index (χ1v) is 6.07. The third-order valence-electron chi connectivity index (χ3n) is 2.71. The molecule has 0 aliphatic rings. The highest BCUT2D eigenvalue weighted by Gasteiger charge is 2.08. The molecule has 3 nitrogen and oxygen atoms in total. The molecule has 1 N–H and O–H groups in total. The van der Waals surface area contributed by atoms with E-state index >= 15 is 0 Å². The molecule has 0 bridgehead atoms. The van der Waals surface area contributed by atoms with Gasteiger partial charge in [0, 0.05) is 32.3 Å². The number of methoxy groups -OCH3 is 2. The molecule has 0 heterocycles. The summed E-state index contributed by atoms with van der Waals surface area (Å²) in [4.78, 5) is 0. The third kappa shape index (κ3) is 5.04. The van der Waals surface area contributed by atoms with Crippen molar-refractivity contribution in [3.63, 3.8) is 0 Å². The molecule has 0 saturated heterocycles. The fourth-order valence-electron chi connectivity index (χ4n) is 1.61. The molecule has 96 valence electrons. The molecular weight excluding hydrogens is 238 g/mol. The number of nitrogens with one attached hydrogen (secondary N) is 1. The van der Waals surface area contributed by atoms with E-state index in [1.165, 1.54) is 5.56 Å². The summed E-state index contributed by atoms with van der Waals surface area (Å²) in [6.45, 7) is 3.70. The van der Waals surface area contributed by atoms with E-state index in [1.54, 1.807) is 14.2 Å². The van der Waals surface area contributed by atoms with Crippen molar-refractivity contribution in [1.29, 1.82) is 0 Å². The number of halogens is 1. The second-order valence-corrected chi connectivity index (χ2v) is 4.45. The minimum Gasteiger partial charge on any atom is -0.355 e. The van der Waals surface area contributed by atoms with E-state index in [0.717, 1.165) is 11.6 Å². The quantitative estimate of drug-likeness (QED) is 0.762. The highest BCUT2D eigenvalue weighted by Crippen LogP contribution is 2.18. The molecule has 0 radical (unpaired) electrons. The zero-order valence-corrected chi connectivity index (χ0v) is 11.3. The average molecular weight is 258 g/mol. The molecule has 0 saturated carbocycles. The summed E-state index contributed by atoms with van der Waals surface area (Å²) in [7, 11) is 3.27. The van der Waals surface area contributed by atoms with Crippen LogP contribution in [0.5, 0.6) is 0 Å². The molecule has 0 aliphatic heterocycles. The van der Waals surface area contributed by atoms with Crippen LogP contribution in [-0.2, 0) is 9.47 Å². The third-order valence-corrected chi connectivity index (χ3v) is 2.94. The molecule has 1 unspecified atom stereocenters. The molecule has 0 aliphatic carbocycles. The lowest BCUT2D eigenvalue weighted by molar-refractivity contribution is -0.0987. The van der Waals surface area contributed by atoms with Crippen LogP contribution in [0.25, 0.3) is 0 Å². The molecule has 0 aromatic heterocycles. The van der Waals surface area contributed by atoms with E-state index in [2.05, 4.69) is 18.3 Å². The first-order valence-electron chi connectivity index (χ1n) is 5.69. The van der Waals surface area contributed by atoms with Gasteiger partial charge in [-0.05, 0) is 23.6 Å². The molecule has 1 atom stereocenters. The molecule has 17 heavy (non-hydrogen) atoms. The van der Waals surface area contributed by atoms with Crippen LogP contribution in [-0.4, -0.2) is 33.6 Å². The maximum absolute atomic E-state index is 5.96. The van der Waals surface area contributed by atoms with Crippen LogP contribution >= 0.6 is 11.6 Å². The first-order chi connectivity index (χ1) is 8.17. The second-order valence-electron chi connectivity index (χ2n) is 4.02. The smallest absolute Gasteiger partial charge is 0.169 e. The lowest BCUT2D eigenvalue weighted by Gasteiger charge is -2.17. The summed E-state index contributed by atoms with van der Waals surface area (Å²) in [6, 6.07) is 7.94. The predicted octanol–water partition coefficient (Wildman–Crippen LogP) is 2.65. The predicted molar refractivity (Wildman–Crippen MR) is 70.5 cm³/mol. The number of benzene rings is 1. The van der Waals surface area contributed by atoms with Gasteiger partial charge in [0.1, 0.15) is 0 Å². The van der Waals surface area contributed by atoms with Gasteiger partial charge < -0.3 is 14.8 Å². The van der Waals surface area contributed by atoms with E-state index in [9.17, 15) is 0 Å². The monoisotopic (exact) mass is 257 g/mol. The Balaban J connectivity index is 2.37. The summed E-state index contributed by atoms with van der Waals surface area (Å²) in [5, 5.41) is 4.09. The average Bonchev–Trinajstić information content (AvgIpc) is 2.34. The highest BCUT2D eigenvalue weighted by molar-refractivity contribution is 6.30. The van der Waals surface area contributed by atoms with Gasteiger partial charge >= 0.3 is 0 Å². The maximum atomic E-state index is 5.96. The Bertz CT molecular complexity index is 329. The summed E-state index contributed by atoms with van der Waals surface area (Å²) in [5.74, 6) is 0.406. The van der Waals surface area contributed by atoms with Crippen molar-refractivity contribution in [3.05, 3.63) is 34.9 Å². The zero-order valence-electron chi connectivity index (χ0n) is 10.6. The van der Waals surface area contributed by atoms with Crippen LogP contribution in [0.15, 0.2) is 24.3 Å². The topological polar surface area (TPSA) is 30.5 Å². The van der Waals surface area contributed by atoms with Crippen molar-refractivity contribution >= 4 is 11.6 Å². The largest absolute Gasteiger partial charge is 0.355 e. The Morgan fingerprint density at radius 3 is 2.53 bits per heavy atom. The maximum Gasteiger partial charge on any atom is 0.169 e. The summed E-state index contributed by atoms with van der Waals surface area (Å²) < 4.78 is 10.2. The number of hydrogen-bond donors (Lipinski definition) is 1. The Labute approximate surface area is 108 Å². The Morgan fingerprint density at radius 2 is 1.94 bits per heavy atom. The van der Waals surface area contributed by atoms with E-state index < -0.39 is 0 Å². The fourth-order valence-corrected chi connectivity index (χ4v) is 1.81. The Hall–Kier alpha value is -0.610. The van der Waals surface area contributed by atoms with Gasteiger partial charge in [-0.25, -0.2) is 0 Å². The molecule has 1 aromatic carbocycles. The zero-order chi connectivity index (χ0) is 12.7. The van der Waals surface area contributed by atoms with Crippen molar-refractivity contribution in [2.75, 3.05) is 27.3 Å². The lowest BCUT2D eigenvalue weighted by atomic mass is 10.0. The Kier molecular flexibility index (Phi) is 6.52. The first kappa shape index (κ1) is 14.5. The van der Waals surface area contributed by atoms with Gasteiger partial charge in [0.25, 0.3) is 0 Å². The van der Waals surface area contributed by atoms with Crippen LogP contribution in [0, 0.1) is 0 Å². The summed E-state index contributed by atoms with van der Waals surface area (Å²) in [6.07, 6.45) is -0.193. The number of hydrogen-bond acceptors (Lipinski definition) is 3. The standard InChI is InChI=1S/C13H20ClNO2/c1-10(8-15-9-13(16-2)17-3)11-5-4-6-12(14)7-11/h4-7,10,13,15H,8-9H2,1-3H3. The van der Waals surface area contributed by atoms with Crippen LogP contribution in [0.2, 0.25) is 5.02 Å². The fraction of sp³-hybridized carbons (Fsp3) is 0.538. The van der Waals surface area contributed by atoms with Crippen LogP contribution in [0.3, 0.4) is 0 Å². The van der Waals surface area contributed by atoms with Gasteiger partial charge in [-0.15, -0.1) is 0 Å². The van der Waals surface area contributed by atoms with Gasteiger partial charge in [-0.2, -0.15) is 0 Å². The SMILES string of the molecule is COC(CNCC(C)c1cccc(Cl)c1)OC. The molecule has 0 spiro atoms. The van der Waals surface area contributed by atoms with Gasteiger partial charge in [0.2, 0.25) is 0 Å². The van der Waals surface area contributed by atoms with Crippen molar-refractivity contribution in [1.82, 2.24) is 5.32 Å². The summed E-state index contributed by atoms with van der Waals surface area (Å²) in [5.41, 5.74) is 1.23. The van der Waals surface area contributed by atoms with E-state index in [0.29, 0.717) is 12.5 Å². The number of rotatable bonds is 7. The van der Waals surface area contributed by atoms with Crippen LogP contribution < -0.4 is 5.32 Å². The van der Waals surface area contributed by atoms with Gasteiger partial charge in [0.15, 0.2) is 6.29 Å². The molecule has 1 aromatic rings. The number of ether oxygens (including phenoxy) is 2. The molecule has 0 fully saturated rings. The minimum atomic E-state index is -0.193. The van der Waals surface area contributed by atoms with Gasteiger partial charge in [-0.1, -0.05) is 30.7 Å².